The Balaban J connectivity index is 1.95. The van der Waals surface area contributed by atoms with Gasteiger partial charge in [-0.2, -0.15) is 0 Å². The molecule has 0 aliphatic rings. The number of rotatable bonds is 6. The van der Waals surface area contributed by atoms with Crippen LogP contribution < -0.4 is 0 Å². The molecule has 0 bridgehead atoms. The minimum Gasteiger partial charge on any atom is -0.445 e. The van der Waals surface area contributed by atoms with Crippen molar-refractivity contribution in [3.05, 3.63) is 111 Å². The van der Waals surface area contributed by atoms with E-state index in [4.69, 9.17) is 4.74 Å². The third-order valence-electron chi connectivity index (χ3n) is 4.65. The van der Waals surface area contributed by atoms with Gasteiger partial charge in [-0.25, -0.2) is 4.79 Å². The minimum atomic E-state index is -1.16. The number of nitrogens with zero attached hydrogens (tertiary/aromatic N) is 1. The van der Waals surface area contributed by atoms with Crippen LogP contribution in [0.3, 0.4) is 0 Å². The van der Waals surface area contributed by atoms with Gasteiger partial charge < -0.3 is 4.74 Å². The topological polar surface area (TPSA) is 86.5 Å². The van der Waals surface area contributed by atoms with Gasteiger partial charge >= 0.3 is 5.97 Å². The van der Waals surface area contributed by atoms with E-state index in [2.05, 4.69) is 0 Å². The molecule has 0 saturated heterocycles. The Bertz CT molecular complexity index is 1080. The van der Waals surface area contributed by atoms with E-state index in [1.807, 2.05) is 19.9 Å². The largest absolute Gasteiger partial charge is 0.445 e. The summed E-state index contributed by atoms with van der Waals surface area (Å²) in [6, 6.07) is 19.2. The summed E-state index contributed by atoms with van der Waals surface area (Å²) in [7, 11) is 0. The van der Waals surface area contributed by atoms with E-state index in [1.54, 1.807) is 42.5 Å². The molecule has 0 aromatic heterocycles. The fourth-order valence-corrected chi connectivity index (χ4v) is 2.87. The van der Waals surface area contributed by atoms with Crippen LogP contribution in [0.15, 0.2) is 72.8 Å². The average Bonchev–Trinajstić information content (AvgIpc) is 2.74. The second-order valence-corrected chi connectivity index (χ2v) is 6.67. The Hall–Kier alpha value is -3.80. The van der Waals surface area contributed by atoms with E-state index in [9.17, 15) is 19.7 Å². The summed E-state index contributed by atoms with van der Waals surface area (Å²) in [6.45, 7) is 3.85. The highest BCUT2D eigenvalue weighted by Crippen LogP contribution is 2.26. The van der Waals surface area contributed by atoms with Crippen LogP contribution in [0.5, 0.6) is 0 Å². The lowest BCUT2D eigenvalue weighted by Gasteiger charge is -2.18. The fraction of sp³-hybridized carbons (Fsp3) is 0.130. The molecule has 0 aliphatic heterocycles. The van der Waals surface area contributed by atoms with E-state index in [-0.39, 0.29) is 17.0 Å². The molecule has 6 nitrogen and oxygen atoms in total. The number of carbonyl (C=O) groups excluding carboxylic acids is 2. The summed E-state index contributed by atoms with van der Waals surface area (Å²) >= 11 is 0. The molecule has 0 N–H and O–H groups in total. The lowest BCUT2D eigenvalue weighted by molar-refractivity contribution is -0.384. The zero-order valence-electron chi connectivity index (χ0n) is 16.0. The first-order chi connectivity index (χ1) is 13.9. The maximum Gasteiger partial charge on any atom is 0.339 e. The molecule has 0 aliphatic carbocycles. The molecule has 3 rings (SSSR count). The first kappa shape index (κ1) is 19.9. The van der Waals surface area contributed by atoms with Gasteiger partial charge in [0.2, 0.25) is 5.78 Å². The molecule has 0 heterocycles. The number of aryl methyl sites for hydroxylation is 2. The van der Waals surface area contributed by atoms with Crippen LogP contribution in [0.25, 0.3) is 0 Å². The number of hydrogen-bond acceptors (Lipinski definition) is 5. The average molecular weight is 389 g/mol. The molecule has 3 aromatic rings. The standard InChI is InChI=1S/C23H19NO5/c1-15-11-12-18(13-16(15)2)21(25)22(17-7-4-3-5-8-17)29-23(26)19-9-6-10-20(14-19)24(27)28/h3-14,22H,1-2H3/t22-/m1/s1. The molecule has 0 amide bonds. The van der Waals surface area contributed by atoms with E-state index in [1.165, 1.54) is 18.2 Å². The van der Waals surface area contributed by atoms with Crippen LogP contribution in [-0.4, -0.2) is 16.7 Å². The van der Waals surface area contributed by atoms with Gasteiger partial charge in [0, 0.05) is 23.3 Å². The zero-order chi connectivity index (χ0) is 21.0. The van der Waals surface area contributed by atoms with Crippen LogP contribution in [0.4, 0.5) is 5.69 Å². The van der Waals surface area contributed by atoms with Crippen molar-refractivity contribution in [3.63, 3.8) is 0 Å². The highest BCUT2D eigenvalue weighted by Gasteiger charge is 2.27. The van der Waals surface area contributed by atoms with Crippen LogP contribution in [0.1, 0.15) is 43.5 Å². The van der Waals surface area contributed by atoms with Crippen LogP contribution in [0, 0.1) is 24.0 Å². The SMILES string of the molecule is Cc1ccc(C(=O)[C@H](OC(=O)c2cccc([N+](=O)[O-])c2)c2ccccc2)cc1C. The van der Waals surface area contributed by atoms with Crippen molar-refractivity contribution in [1.29, 1.82) is 0 Å². The second-order valence-electron chi connectivity index (χ2n) is 6.67. The maximum atomic E-state index is 13.2. The van der Waals surface area contributed by atoms with Crippen molar-refractivity contribution in [2.75, 3.05) is 0 Å². The highest BCUT2D eigenvalue weighted by molar-refractivity contribution is 6.02. The van der Waals surface area contributed by atoms with Crippen molar-refractivity contribution >= 4 is 17.4 Å². The van der Waals surface area contributed by atoms with Gasteiger partial charge in [-0.3, -0.25) is 14.9 Å². The number of ether oxygens (including phenoxy) is 1. The van der Waals surface area contributed by atoms with Gasteiger partial charge in [0.1, 0.15) is 0 Å². The number of esters is 1. The van der Waals surface area contributed by atoms with Crippen LogP contribution >= 0.6 is 0 Å². The minimum absolute atomic E-state index is 0.00742. The molecule has 0 radical (unpaired) electrons. The summed E-state index contributed by atoms with van der Waals surface area (Å²) in [6.07, 6.45) is -1.16. The van der Waals surface area contributed by atoms with Crippen molar-refractivity contribution in [3.8, 4) is 0 Å². The number of hydrogen-bond donors (Lipinski definition) is 0. The van der Waals surface area contributed by atoms with Crippen molar-refractivity contribution in [2.24, 2.45) is 0 Å². The molecule has 146 valence electrons. The van der Waals surface area contributed by atoms with Crippen molar-refractivity contribution < 1.29 is 19.2 Å². The predicted octanol–water partition coefficient (Wildman–Crippen LogP) is 4.99. The zero-order valence-corrected chi connectivity index (χ0v) is 16.0. The lowest BCUT2D eigenvalue weighted by Crippen LogP contribution is -2.20. The quantitative estimate of drug-likeness (QED) is 0.256. The molecule has 0 unspecified atom stereocenters. The van der Waals surface area contributed by atoms with E-state index < -0.39 is 17.0 Å². The Labute approximate surface area is 167 Å². The smallest absolute Gasteiger partial charge is 0.339 e. The molecule has 0 spiro atoms. The van der Waals surface area contributed by atoms with Crippen molar-refractivity contribution in [2.45, 2.75) is 20.0 Å². The molecule has 0 fully saturated rings. The third kappa shape index (κ3) is 4.55. The van der Waals surface area contributed by atoms with Gasteiger partial charge in [-0.1, -0.05) is 48.5 Å². The number of nitro benzene ring substituents is 1. The monoisotopic (exact) mass is 389 g/mol. The van der Waals surface area contributed by atoms with Crippen LogP contribution in [-0.2, 0) is 4.74 Å². The molecular formula is C23H19NO5. The fourth-order valence-electron chi connectivity index (χ4n) is 2.87. The predicted molar refractivity (Wildman–Crippen MR) is 108 cm³/mol. The highest BCUT2D eigenvalue weighted by atomic mass is 16.6. The number of Topliss-reactive ketones (excluding diaryl/α,β-unsaturated/α-hetero) is 1. The molecule has 6 heteroatoms. The van der Waals surface area contributed by atoms with Crippen LogP contribution in [0.2, 0.25) is 0 Å². The molecule has 1 atom stereocenters. The van der Waals surface area contributed by atoms with Gasteiger partial charge in [-0.05, 0) is 37.1 Å². The summed E-state index contributed by atoms with van der Waals surface area (Å²) < 4.78 is 5.53. The molecule has 29 heavy (non-hydrogen) atoms. The summed E-state index contributed by atoms with van der Waals surface area (Å²) in [5.41, 5.74) is 2.73. The first-order valence-corrected chi connectivity index (χ1v) is 8.98. The van der Waals surface area contributed by atoms with E-state index in [0.717, 1.165) is 17.2 Å². The van der Waals surface area contributed by atoms with Gasteiger partial charge in [0.05, 0.1) is 10.5 Å². The maximum absolute atomic E-state index is 13.2. The Morgan fingerprint density at radius 1 is 0.862 bits per heavy atom. The molecular weight excluding hydrogens is 370 g/mol. The number of carbonyl (C=O) groups is 2. The number of benzene rings is 3. The summed E-state index contributed by atoms with van der Waals surface area (Å²) in [5.74, 6) is -1.17. The Morgan fingerprint density at radius 3 is 2.24 bits per heavy atom. The van der Waals surface area contributed by atoms with Gasteiger partial charge in [-0.15, -0.1) is 0 Å². The second kappa shape index (κ2) is 8.48. The summed E-state index contributed by atoms with van der Waals surface area (Å²) in [4.78, 5) is 36.2. The number of non-ortho nitro benzene ring substituents is 1. The lowest BCUT2D eigenvalue weighted by atomic mass is 9.97. The van der Waals surface area contributed by atoms with Gasteiger partial charge in [0.25, 0.3) is 5.69 Å². The Kier molecular flexibility index (Phi) is 5.83. The number of ketones is 1. The van der Waals surface area contributed by atoms with Gasteiger partial charge in [0.15, 0.2) is 6.10 Å². The number of nitro groups is 1. The van der Waals surface area contributed by atoms with E-state index in [0.29, 0.717) is 11.1 Å². The molecule has 3 aromatic carbocycles. The van der Waals surface area contributed by atoms with Crippen molar-refractivity contribution in [1.82, 2.24) is 0 Å². The molecule has 0 saturated carbocycles. The normalized spacial score (nSPS) is 11.5. The Morgan fingerprint density at radius 2 is 1.59 bits per heavy atom. The van der Waals surface area contributed by atoms with E-state index >= 15 is 0 Å². The first-order valence-electron chi connectivity index (χ1n) is 8.98. The third-order valence-corrected chi connectivity index (χ3v) is 4.65. The summed E-state index contributed by atoms with van der Waals surface area (Å²) in [5, 5.41) is 11.0.